The zero-order chi connectivity index (χ0) is 15.0. The van der Waals surface area contributed by atoms with Crippen molar-refractivity contribution in [1.82, 2.24) is 15.0 Å². The second kappa shape index (κ2) is 5.52. The lowest BCUT2D eigenvalue weighted by Gasteiger charge is -2.14. The number of hydrogen-bond acceptors (Lipinski definition) is 4. The molecule has 0 fully saturated rings. The summed E-state index contributed by atoms with van der Waals surface area (Å²) in [5, 5.41) is 17.1. The molecule has 6 heteroatoms. The van der Waals surface area contributed by atoms with Crippen molar-refractivity contribution in [3.8, 4) is 0 Å². The first kappa shape index (κ1) is 14.1. The molecule has 1 unspecified atom stereocenters. The van der Waals surface area contributed by atoms with E-state index < -0.39 is 5.97 Å². The number of fused-ring (bicyclic) bond motifs is 1. The van der Waals surface area contributed by atoms with Gasteiger partial charge in [-0.05, 0) is 17.5 Å². The topological polar surface area (TPSA) is 68.0 Å². The Morgan fingerprint density at radius 2 is 2.24 bits per heavy atom. The minimum absolute atomic E-state index is 0.0731. The normalized spacial score (nSPS) is 17.2. The van der Waals surface area contributed by atoms with Gasteiger partial charge in [-0.15, -0.1) is 16.9 Å². The van der Waals surface area contributed by atoms with Crippen LogP contribution in [0.15, 0.2) is 29.2 Å². The molecule has 1 atom stereocenters. The van der Waals surface area contributed by atoms with Crippen LogP contribution in [0.3, 0.4) is 0 Å². The van der Waals surface area contributed by atoms with Gasteiger partial charge in [-0.1, -0.05) is 37.3 Å². The highest BCUT2D eigenvalue weighted by Crippen LogP contribution is 2.40. The first-order valence-corrected chi connectivity index (χ1v) is 7.95. The van der Waals surface area contributed by atoms with Crippen LogP contribution >= 0.6 is 11.8 Å². The van der Waals surface area contributed by atoms with E-state index in [2.05, 4.69) is 22.4 Å². The number of carboxylic acid groups (broad SMARTS) is 1. The van der Waals surface area contributed by atoms with Crippen molar-refractivity contribution in [3.05, 3.63) is 41.2 Å². The van der Waals surface area contributed by atoms with Crippen LogP contribution in [0, 0.1) is 0 Å². The van der Waals surface area contributed by atoms with Crippen molar-refractivity contribution in [1.29, 1.82) is 0 Å². The molecule has 0 bridgehead atoms. The van der Waals surface area contributed by atoms with E-state index in [0.29, 0.717) is 18.2 Å². The first-order valence-electron chi connectivity index (χ1n) is 6.96. The highest BCUT2D eigenvalue weighted by atomic mass is 32.2. The van der Waals surface area contributed by atoms with E-state index in [1.807, 2.05) is 37.7 Å². The van der Waals surface area contributed by atoms with Crippen molar-refractivity contribution in [3.63, 3.8) is 0 Å². The lowest BCUT2D eigenvalue weighted by atomic mass is 10.0. The van der Waals surface area contributed by atoms with Gasteiger partial charge in [0.2, 0.25) is 0 Å². The number of hydrogen-bond donors (Lipinski definition) is 1. The third kappa shape index (κ3) is 2.55. The monoisotopic (exact) mass is 303 g/mol. The molecule has 0 spiro atoms. The molecule has 2 aromatic rings. The molecular weight excluding hydrogens is 286 g/mol. The molecule has 2 heterocycles. The Morgan fingerprint density at radius 1 is 1.48 bits per heavy atom. The number of rotatable bonds is 4. The first-order chi connectivity index (χ1) is 10.1. The van der Waals surface area contributed by atoms with E-state index >= 15 is 0 Å². The fourth-order valence-corrected chi connectivity index (χ4v) is 4.01. The Kier molecular flexibility index (Phi) is 3.71. The molecular formula is C15H17N3O2S. The largest absolute Gasteiger partial charge is 0.476 e. The van der Waals surface area contributed by atoms with Gasteiger partial charge in [0.15, 0.2) is 5.69 Å². The maximum absolute atomic E-state index is 11.3. The third-order valence-electron chi connectivity index (χ3n) is 3.72. The van der Waals surface area contributed by atoms with Gasteiger partial charge in [-0.3, -0.25) is 0 Å². The van der Waals surface area contributed by atoms with Crippen molar-refractivity contribution >= 4 is 17.7 Å². The molecule has 1 aliphatic rings. The molecule has 1 aromatic carbocycles. The van der Waals surface area contributed by atoms with Gasteiger partial charge in [0.25, 0.3) is 0 Å². The minimum Gasteiger partial charge on any atom is -0.476 e. The van der Waals surface area contributed by atoms with Crippen LogP contribution in [0.1, 0.15) is 47.4 Å². The van der Waals surface area contributed by atoms with Gasteiger partial charge in [0, 0.05) is 16.6 Å². The van der Waals surface area contributed by atoms with Crippen molar-refractivity contribution in [2.24, 2.45) is 0 Å². The summed E-state index contributed by atoms with van der Waals surface area (Å²) in [5.74, 6) is 0.424. The summed E-state index contributed by atoms with van der Waals surface area (Å²) in [6, 6.07) is 8.37. The molecule has 1 aromatic heterocycles. The number of thioether (sulfide) groups is 1. The van der Waals surface area contributed by atoms with E-state index in [0.717, 1.165) is 5.75 Å². The molecule has 110 valence electrons. The summed E-state index contributed by atoms with van der Waals surface area (Å²) in [5.41, 5.74) is 2.10. The second-order valence-corrected chi connectivity index (χ2v) is 6.57. The number of aromatic carboxylic acids is 1. The van der Waals surface area contributed by atoms with Crippen molar-refractivity contribution < 1.29 is 9.90 Å². The summed E-state index contributed by atoms with van der Waals surface area (Å²) in [6.07, 6.45) is 0. The Hall–Kier alpha value is -1.82. The molecule has 0 saturated heterocycles. The van der Waals surface area contributed by atoms with Gasteiger partial charge in [0.05, 0.1) is 12.2 Å². The average molecular weight is 303 g/mol. The van der Waals surface area contributed by atoms with E-state index in [1.54, 1.807) is 4.68 Å². The fourth-order valence-electron chi connectivity index (χ4n) is 2.77. The van der Waals surface area contributed by atoms with Crippen molar-refractivity contribution in [2.45, 2.75) is 37.1 Å². The third-order valence-corrected chi connectivity index (χ3v) is 4.97. The second-order valence-electron chi connectivity index (χ2n) is 5.51. The molecule has 21 heavy (non-hydrogen) atoms. The van der Waals surface area contributed by atoms with Crippen LogP contribution in [0.2, 0.25) is 0 Å². The molecule has 0 amide bonds. The number of carboxylic acids is 1. The SMILES string of the molecule is CC(C)c1c(C(=O)O)nnn1CC1CSc2ccccc21. The number of carbonyl (C=O) groups is 1. The Bertz CT molecular complexity index is 681. The highest BCUT2D eigenvalue weighted by Gasteiger charge is 2.27. The summed E-state index contributed by atoms with van der Waals surface area (Å²) in [4.78, 5) is 12.6. The average Bonchev–Trinajstić information content (AvgIpc) is 3.04. The predicted molar refractivity (Wildman–Crippen MR) is 81.0 cm³/mol. The van der Waals surface area contributed by atoms with Crippen LogP contribution in [0.25, 0.3) is 0 Å². The summed E-state index contributed by atoms with van der Waals surface area (Å²) in [6.45, 7) is 4.62. The summed E-state index contributed by atoms with van der Waals surface area (Å²) >= 11 is 1.84. The lowest BCUT2D eigenvalue weighted by molar-refractivity contribution is 0.0688. The number of nitrogens with zero attached hydrogens (tertiary/aromatic N) is 3. The predicted octanol–water partition coefficient (Wildman–Crippen LogP) is 2.99. The molecule has 0 saturated carbocycles. The van der Waals surface area contributed by atoms with Crippen LogP contribution in [0.4, 0.5) is 0 Å². The molecule has 1 N–H and O–H groups in total. The molecule has 1 aliphatic heterocycles. The van der Waals surface area contributed by atoms with Gasteiger partial charge < -0.3 is 5.11 Å². The van der Waals surface area contributed by atoms with Crippen LogP contribution in [0.5, 0.6) is 0 Å². The zero-order valence-corrected chi connectivity index (χ0v) is 12.8. The number of aromatic nitrogens is 3. The molecule has 5 nitrogen and oxygen atoms in total. The maximum atomic E-state index is 11.3. The van der Waals surface area contributed by atoms with Gasteiger partial charge in [-0.25, -0.2) is 9.48 Å². The van der Waals surface area contributed by atoms with E-state index in [9.17, 15) is 9.90 Å². The smallest absolute Gasteiger partial charge is 0.358 e. The zero-order valence-electron chi connectivity index (χ0n) is 12.0. The Labute approximate surface area is 127 Å². The fraction of sp³-hybridized carbons (Fsp3) is 0.400. The van der Waals surface area contributed by atoms with Gasteiger partial charge in [-0.2, -0.15) is 0 Å². The maximum Gasteiger partial charge on any atom is 0.358 e. The molecule has 3 rings (SSSR count). The molecule has 0 radical (unpaired) electrons. The van der Waals surface area contributed by atoms with Gasteiger partial charge >= 0.3 is 5.97 Å². The summed E-state index contributed by atoms with van der Waals surface area (Å²) in [7, 11) is 0. The Morgan fingerprint density at radius 3 is 2.95 bits per heavy atom. The highest BCUT2D eigenvalue weighted by molar-refractivity contribution is 7.99. The van der Waals surface area contributed by atoms with E-state index in [1.165, 1.54) is 10.5 Å². The van der Waals surface area contributed by atoms with Crippen LogP contribution in [-0.2, 0) is 6.54 Å². The van der Waals surface area contributed by atoms with Gasteiger partial charge in [0.1, 0.15) is 0 Å². The standard InChI is InChI=1S/C15H17N3O2S/c1-9(2)14-13(15(19)20)16-17-18(14)7-10-8-21-12-6-4-3-5-11(10)12/h3-6,9-10H,7-8H2,1-2H3,(H,19,20). The number of benzene rings is 1. The van der Waals surface area contributed by atoms with Crippen LogP contribution in [-0.4, -0.2) is 31.8 Å². The lowest BCUT2D eigenvalue weighted by Crippen LogP contribution is -2.15. The van der Waals surface area contributed by atoms with E-state index in [4.69, 9.17) is 0 Å². The Balaban J connectivity index is 1.91. The quantitative estimate of drug-likeness (QED) is 0.940. The van der Waals surface area contributed by atoms with Crippen molar-refractivity contribution in [2.75, 3.05) is 5.75 Å². The minimum atomic E-state index is -1.01. The molecule has 0 aliphatic carbocycles. The van der Waals surface area contributed by atoms with Crippen LogP contribution < -0.4 is 0 Å². The van der Waals surface area contributed by atoms with E-state index in [-0.39, 0.29) is 11.6 Å². The summed E-state index contributed by atoms with van der Waals surface area (Å²) < 4.78 is 1.77.